The Morgan fingerprint density at radius 2 is 0.917 bits per heavy atom. The van der Waals surface area contributed by atoms with Crippen LogP contribution in [-0.2, 0) is 0 Å². The lowest BCUT2D eigenvalue weighted by atomic mass is 9.67. The third kappa shape index (κ3) is 7.70. The molecule has 2 aliphatic carbocycles. The van der Waals surface area contributed by atoms with Crippen LogP contribution in [0.1, 0.15) is 122 Å². The highest BCUT2D eigenvalue weighted by Gasteiger charge is 2.82. The minimum atomic E-state index is -6.78. The van der Waals surface area contributed by atoms with E-state index >= 15 is 0 Å². The second kappa shape index (κ2) is 13.4. The highest BCUT2D eigenvalue weighted by atomic mass is 19.4. The van der Waals surface area contributed by atoms with Gasteiger partial charge in [0.25, 0.3) is 0 Å². The normalized spacial score (nSPS) is 26.8. The zero-order valence-electron chi connectivity index (χ0n) is 21.4. The zero-order valence-corrected chi connectivity index (χ0v) is 21.4. The predicted octanol–water partition coefficient (Wildman–Crippen LogP) is 11.0. The number of unbranched alkanes of at least 4 members (excludes halogenated alkanes) is 8. The summed E-state index contributed by atoms with van der Waals surface area (Å²) in [4.78, 5) is 0. The van der Waals surface area contributed by atoms with E-state index in [1.54, 1.807) is 0 Å². The van der Waals surface area contributed by atoms with E-state index < -0.39 is 42.7 Å². The molecule has 2 rings (SSSR count). The van der Waals surface area contributed by atoms with Crippen molar-refractivity contribution in [2.45, 2.75) is 146 Å². The molecule has 0 heterocycles. The smallest absolute Gasteiger partial charge is 0.199 e. The molecular weight excluding hydrogens is 495 g/mol. The molecular formula is C27H43F9. The molecule has 0 nitrogen and oxygen atoms in total. The van der Waals surface area contributed by atoms with Crippen molar-refractivity contribution in [2.24, 2.45) is 23.7 Å². The highest BCUT2D eigenvalue weighted by Crippen LogP contribution is 2.58. The van der Waals surface area contributed by atoms with Crippen molar-refractivity contribution >= 4 is 0 Å². The van der Waals surface area contributed by atoms with Gasteiger partial charge in [-0.05, 0) is 56.3 Å². The summed E-state index contributed by atoms with van der Waals surface area (Å²) < 4.78 is 120. The molecule has 0 atom stereocenters. The molecule has 0 saturated heterocycles. The van der Waals surface area contributed by atoms with E-state index in [-0.39, 0.29) is 24.7 Å². The SMILES string of the molecule is CCCCCCCCCCCC1CCC(C2CCC(C(F)(F)C(F)(F)C(F)(F)C(F)(F)F)CC2)CC1. The number of halogens is 9. The van der Waals surface area contributed by atoms with Crippen molar-refractivity contribution in [1.29, 1.82) is 0 Å². The molecule has 0 radical (unpaired) electrons. The largest absolute Gasteiger partial charge is 0.460 e. The summed E-state index contributed by atoms with van der Waals surface area (Å²) in [5, 5.41) is 0. The highest BCUT2D eigenvalue weighted by molar-refractivity contribution is 5.03. The van der Waals surface area contributed by atoms with Crippen LogP contribution in [0, 0.1) is 23.7 Å². The summed E-state index contributed by atoms with van der Waals surface area (Å²) >= 11 is 0. The summed E-state index contributed by atoms with van der Waals surface area (Å²) in [5.41, 5.74) is 0. The second-order valence-electron chi connectivity index (χ2n) is 11.3. The Balaban J connectivity index is 1.69. The number of hydrogen-bond acceptors (Lipinski definition) is 0. The molecule has 2 aliphatic rings. The Kier molecular flexibility index (Phi) is 11.8. The average molecular weight is 539 g/mol. The van der Waals surface area contributed by atoms with Gasteiger partial charge in [0.15, 0.2) is 0 Å². The van der Waals surface area contributed by atoms with Gasteiger partial charge in [0.2, 0.25) is 0 Å². The van der Waals surface area contributed by atoms with Crippen molar-refractivity contribution in [3.05, 3.63) is 0 Å². The van der Waals surface area contributed by atoms with E-state index in [2.05, 4.69) is 6.92 Å². The van der Waals surface area contributed by atoms with Crippen molar-refractivity contribution in [2.75, 3.05) is 0 Å². The summed E-state index contributed by atoms with van der Waals surface area (Å²) in [6.45, 7) is 2.21. The molecule has 0 bridgehead atoms. The topological polar surface area (TPSA) is 0 Å². The lowest BCUT2D eigenvalue weighted by Crippen LogP contribution is -2.63. The van der Waals surface area contributed by atoms with Gasteiger partial charge in [-0.15, -0.1) is 0 Å². The van der Waals surface area contributed by atoms with E-state index in [0.29, 0.717) is 5.92 Å². The van der Waals surface area contributed by atoms with Crippen molar-refractivity contribution in [3.8, 4) is 0 Å². The molecule has 0 N–H and O–H groups in total. The van der Waals surface area contributed by atoms with E-state index in [0.717, 1.165) is 25.7 Å². The van der Waals surface area contributed by atoms with Gasteiger partial charge in [0.1, 0.15) is 0 Å². The van der Waals surface area contributed by atoms with Gasteiger partial charge < -0.3 is 0 Å². The first kappa shape index (κ1) is 31.6. The molecule has 2 fully saturated rings. The second-order valence-corrected chi connectivity index (χ2v) is 11.3. The Morgan fingerprint density at radius 1 is 0.500 bits per heavy atom. The molecule has 9 heteroatoms. The monoisotopic (exact) mass is 538 g/mol. The molecule has 36 heavy (non-hydrogen) atoms. The first-order chi connectivity index (χ1) is 16.8. The lowest BCUT2D eigenvalue weighted by Gasteiger charge is -2.42. The molecule has 0 spiro atoms. The Bertz CT molecular complexity index is 613. The van der Waals surface area contributed by atoms with Crippen LogP contribution in [0.15, 0.2) is 0 Å². The molecule has 0 unspecified atom stereocenters. The molecule has 0 amide bonds. The van der Waals surface area contributed by atoms with Gasteiger partial charge in [0, 0.05) is 5.92 Å². The van der Waals surface area contributed by atoms with E-state index in [9.17, 15) is 39.5 Å². The van der Waals surface area contributed by atoms with Crippen LogP contribution in [0.4, 0.5) is 39.5 Å². The van der Waals surface area contributed by atoms with E-state index in [1.165, 1.54) is 64.2 Å². The van der Waals surface area contributed by atoms with Gasteiger partial charge in [0.05, 0.1) is 0 Å². The first-order valence-corrected chi connectivity index (χ1v) is 14.0. The zero-order chi connectivity index (χ0) is 27.0. The van der Waals surface area contributed by atoms with Crippen molar-refractivity contribution < 1.29 is 39.5 Å². The van der Waals surface area contributed by atoms with Gasteiger partial charge in [-0.3, -0.25) is 0 Å². The predicted molar refractivity (Wildman–Crippen MR) is 124 cm³/mol. The van der Waals surface area contributed by atoms with E-state index in [4.69, 9.17) is 0 Å². The first-order valence-electron chi connectivity index (χ1n) is 14.0. The van der Waals surface area contributed by atoms with Crippen LogP contribution < -0.4 is 0 Å². The van der Waals surface area contributed by atoms with Crippen LogP contribution in [-0.4, -0.2) is 23.9 Å². The molecule has 214 valence electrons. The van der Waals surface area contributed by atoms with Gasteiger partial charge in [-0.2, -0.15) is 39.5 Å². The van der Waals surface area contributed by atoms with Gasteiger partial charge >= 0.3 is 23.9 Å². The number of rotatable bonds is 14. The summed E-state index contributed by atoms with van der Waals surface area (Å²) in [7, 11) is 0. The van der Waals surface area contributed by atoms with Gasteiger partial charge in [-0.1, -0.05) is 84.0 Å². The standard InChI is InChI=1S/C27H43F9/c1-2-3-4-5-6-7-8-9-10-11-20-12-14-21(15-13-20)22-16-18-23(19-17-22)24(28,29)25(30,31)26(32,33)27(34,35)36/h20-23H,2-19H2,1H3. The van der Waals surface area contributed by atoms with Crippen LogP contribution in [0.2, 0.25) is 0 Å². The molecule has 0 aliphatic heterocycles. The quantitative estimate of drug-likeness (QED) is 0.152. The Morgan fingerprint density at radius 3 is 1.36 bits per heavy atom. The molecule has 0 aromatic rings. The maximum atomic E-state index is 14.3. The molecule has 0 aromatic heterocycles. The van der Waals surface area contributed by atoms with Crippen LogP contribution in [0.25, 0.3) is 0 Å². The maximum Gasteiger partial charge on any atom is 0.460 e. The van der Waals surface area contributed by atoms with Crippen molar-refractivity contribution in [1.82, 2.24) is 0 Å². The fourth-order valence-electron chi connectivity index (χ4n) is 6.29. The third-order valence-electron chi connectivity index (χ3n) is 8.73. The Hall–Kier alpha value is -0.630. The Labute approximate surface area is 210 Å². The molecule has 2 saturated carbocycles. The maximum absolute atomic E-state index is 14.3. The van der Waals surface area contributed by atoms with Crippen LogP contribution in [0.5, 0.6) is 0 Å². The van der Waals surface area contributed by atoms with Crippen LogP contribution in [0.3, 0.4) is 0 Å². The summed E-state index contributed by atoms with van der Waals surface area (Å²) in [6.07, 6.45) is 9.36. The minimum Gasteiger partial charge on any atom is -0.199 e. The fraction of sp³-hybridized carbons (Fsp3) is 1.00. The lowest BCUT2D eigenvalue weighted by molar-refractivity contribution is -0.404. The average Bonchev–Trinajstić information content (AvgIpc) is 2.82. The molecule has 0 aromatic carbocycles. The van der Waals surface area contributed by atoms with Crippen molar-refractivity contribution in [3.63, 3.8) is 0 Å². The van der Waals surface area contributed by atoms with Gasteiger partial charge in [-0.25, -0.2) is 0 Å². The van der Waals surface area contributed by atoms with Crippen LogP contribution >= 0.6 is 0 Å². The fourth-order valence-corrected chi connectivity index (χ4v) is 6.29. The summed E-state index contributed by atoms with van der Waals surface area (Å²) in [6, 6.07) is 0. The minimum absolute atomic E-state index is 0.0439. The van der Waals surface area contributed by atoms with E-state index in [1.807, 2.05) is 0 Å². The number of alkyl halides is 9. The summed E-state index contributed by atoms with van der Waals surface area (Å²) in [5.74, 6) is -19.9. The third-order valence-corrected chi connectivity index (χ3v) is 8.73. The number of hydrogen-bond donors (Lipinski definition) is 0.